The molecule has 0 aliphatic heterocycles. The zero-order chi connectivity index (χ0) is 12.4. The van der Waals surface area contributed by atoms with Crippen LogP contribution in [0.2, 0.25) is 0 Å². The van der Waals surface area contributed by atoms with Crippen LogP contribution in [0.5, 0.6) is 0 Å². The molecule has 3 aromatic heterocycles. The van der Waals surface area contributed by atoms with Crippen LogP contribution in [-0.4, -0.2) is 16.1 Å². The highest BCUT2D eigenvalue weighted by atomic mass is 16.4. The number of aromatic nitrogens is 2. The highest BCUT2D eigenvalue weighted by Crippen LogP contribution is 2.20. The summed E-state index contributed by atoms with van der Waals surface area (Å²) in [6.45, 7) is 0. The number of anilines is 1. The lowest BCUT2D eigenvalue weighted by Gasteiger charge is -1.94. The molecule has 0 unspecified atom stereocenters. The Balaban J connectivity index is 1.76. The summed E-state index contributed by atoms with van der Waals surface area (Å²) in [6, 6.07) is 6.48. The molecule has 0 radical (unpaired) electrons. The summed E-state index contributed by atoms with van der Waals surface area (Å²) in [4.78, 5) is 11.6. The van der Waals surface area contributed by atoms with Gasteiger partial charge in [-0.05, 0) is 24.3 Å². The molecule has 1 amide bonds. The summed E-state index contributed by atoms with van der Waals surface area (Å²) in [5.74, 6) is 0.318. The highest BCUT2D eigenvalue weighted by molar-refractivity contribution is 6.00. The van der Waals surface area contributed by atoms with Crippen molar-refractivity contribution in [2.24, 2.45) is 0 Å². The minimum atomic E-state index is -0.463. The van der Waals surface area contributed by atoms with Crippen LogP contribution in [0.25, 0.3) is 11.7 Å². The van der Waals surface area contributed by atoms with E-state index in [0.29, 0.717) is 5.76 Å². The van der Waals surface area contributed by atoms with Gasteiger partial charge in [-0.2, -0.15) is 0 Å². The lowest BCUT2D eigenvalue weighted by Crippen LogP contribution is -2.10. The first-order chi connectivity index (χ1) is 8.83. The van der Waals surface area contributed by atoms with Crippen molar-refractivity contribution in [2.45, 2.75) is 0 Å². The Morgan fingerprint density at radius 1 is 1.11 bits per heavy atom. The number of carbonyl (C=O) groups excluding carboxylic acids is 1. The molecule has 7 nitrogen and oxygen atoms in total. The highest BCUT2D eigenvalue weighted by Gasteiger charge is 2.15. The molecular weight excluding hydrogens is 238 g/mol. The van der Waals surface area contributed by atoms with Gasteiger partial charge < -0.3 is 13.3 Å². The number of nitrogens with zero attached hydrogens (tertiary/aromatic N) is 2. The van der Waals surface area contributed by atoms with Crippen molar-refractivity contribution in [2.75, 3.05) is 5.32 Å². The molecule has 7 heteroatoms. The maximum atomic E-state index is 11.6. The quantitative estimate of drug-likeness (QED) is 0.759. The number of hydrogen-bond donors (Lipinski definition) is 1. The van der Waals surface area contributed by atoms with Crippen LogP contribution in [0.15, 0.2) is 50.0 Å². The molecule has 3 heterocycles. The Kier molecular flexibility index (Phi) is 2.41. The summed E-state index contributed by atoms with van der Waals surface area (Å²) >= 11 is 0. The number of carbonyl (C=O) groups is 1. The van der Waals surface area contributed by atoms with Gasteiger partial charge in [-0.15, -0.1) is 5.10 Å². The Morgan fingerprint density at radius 2 is 1.94 bits per heavy atom. The number of amides is 1. The molecule has 18 heavy (non-hydrogen) atoms. The number of furan rings is 2. The number of hydrogen-bond acceptors (Lipinski definition) is 6. The molecule has 90 valence electrons. The number of nitrogens with one attached hydrogen (secondary N) is 1. The van der Waals surface area contributed by atoms with Crippen LogP contribution < -0.4 is 5.32 Å². The molecule has 3 rings (SSSR count). The first-order valence-electron chi connectivity index (χ1n) is 5.05. The van der Waals surface area contributed by atoms with Crippen molar-refractivity contribution in [1.82, 2.24) is 10.2 Å². The topological polar surface area (TPSA) is 94.3 Å². The van der Waals surface area contributed by atoms with E-state index in [0.717, 1.165) is 0 Å². The SMILES string of the molecule is O=C(Nc1nnc(-c2ccco2)o1)c1ccco1. The van der Waals surface area contributed by atoms with Crippen molar-refractivity contribution in [3.8, 4) is 11.7 Å². The lowest BCUT2D eigenvalue weighted by molar-refractivity contribution is 0.0994. The second kappa shape index (κ2) is 4.21. The Bertz CT molecular complexity index is 640. The van der Waals surface area contributed by atoms with Gasteiger partial charge in [0.2, 0.25) is 0 Å². The van der Waals surface area contributed by atoms with Crippen LogP contribution in [0.3, 0.4) is 0 Å². The molecule has 1 N–H and O–H groups in total. The lowest BCUT2D eigenvalue weighted by atomic mass is 10.4. The van der Waals surface area contributed by atoms with Crippen molar-refractivity contribution >= 4 is 11.9 Å². The van der Waals surface area contributed by atoms with Crippen molar-refractivity contribution < 1.29 is 18.0 Å². The average molecular weight is 245 g/mol. The first-order valence-corrected chi connectivity index (χ1v) is 5.05. The van der Waals surface area contributed by atoms with E-state index in [9.17, 15) is 4.79 Å². The fourth-order valence-electron chi connectivity index (χ4n) is 1.34. The summed E-state index contributed by atoms with van der Waals surface area (Å²) in [7, 11) is 0. The van der Waals surface area contributed by atoms with Gasteiger partial charge in [-0.3, -0.25) is 10.1 Å². The normalized spacial score (nSPS) is 10.4. The molecule has 0 aliphatic carbocycles. The van der Waals surface area contributed by atoms with Gasteiger partial charge in [0.1, 0.15) is 0 Å². The minimum absolute atomic E-state index is 0.0252. The van der Waals surface area contributed by atoms with Gasteiger partial charge in [-0.25, -0.2) is 0 Å². The number of rotatable bonds is 3. The Hall–Kier alpha value is -2.83. The maximum absolute atomic E-state index is 11.6. The molecule has 0 bridgehead atoms. The van der Waals surface area contributed by atoms with E-state index < -0.39 is 5.91 Å². The van der Waals surface area contributed by atoms with Crippen molar-refractivity contribution in [3.05, 3.63) is 42.6 Å². The van der Waals surface area contributed by atoms with Crippen LogP contribution in [0, 0.1) is 0 Å². The predicted octanol–water partition coefficient (Wildman–Crippen LogP) is 2.17. The monoisotopic (exact) mass is 245 g/mol. The first kappa shape index (κ1) is 10.3. The second-order valence-corrected chi connectivity index (χ2v) is 3.32. The van der Waals surface area contributed by atoms with Gasteiger partial charge in [0.05, 0.1) is 12.5 Å². The smallest absolute Gasteiger partial charge is 0.323 e. The van der Waals surface area contributed by atoms with Crippen LogP contribution in [-0.2, 0) is 0 Å². The third kappa shape index (κ3) is 1.88. The molecule has 3 aromatic rings. The van der Waals surface area contributed by atoms with E-state index in [1.807, 2.05) is 0 Å². The Morgan fingerprint density at radius 3 is 2.67 bits per heavy atom. The summed E-state index contributed by atoms with van der Waals surface area (Å²) in [5, 5.41) is 9.82. The summed E-state index contributed by atoms with van der Waals surface area (Å²) in [6.07, 6.45) is 2.89. The van der Waals surface area contributed by atoms with Gasteiger partial charge in [0, 0.05) is 0 Å². The van der Waals surface area contributed by atoms with Crippen molar-refractivity contribution in [3.63, 3.8) is 0 Å². The largest absolute Gasteiger partial charge is 0.459 e. The molecular formula is C11H7N3O4. The zero-order valence-corrected chi connectivity index (χ0v) is 8.99. The van der Waals surface area contributed by atoms with Gasteiger partial charge >= 0.3 is 6.01 Å². The summed E-state index contributed by atoms with van der Waals surface area (Å²) in [5.41, 5.74) is 0. The molecule has 0 spiro atoms. The van der Waals surface area contributed by atoms with E-state index in [4.69, 9.17) is 13.3 Å². The minimum Gasteiger partial charge on any atom is -0.459 e. The van der Waals surface area contributed by atoms with Crippen LogP contribution >= 0.6 is 0 Å². The molecule has 0 aromatic carbocycles. The molecule has 0 saturated heterocycles. The maximum Gasteiger partial charge on any atom is 0.323 e. The van der Waals surface area contributed by atoms with Gasteiger partial charge in [-0.1, -0.05) is 5.10 Å². The molecule has 0 atom stereocenters. The van der Waals surface area contributed by atoms with Gasteiger partial charge in [0.15, 0.2) is 11.5 Å². The molecule has 0 saturated carbocycles. The third-order valence-corrected chi connectivity index (χ3v) is 2.12. The Labute approximate surface area is 100 Å². The van der Waals surface area contributed by atoms with E-state index in [1.165, 1.54) is 18.6 Å². The predicted molar refractivity (Wildman–Crippen MR) is 58.7 cm³/mol. The third-order valence-electron chi connectivity index (χ3n) is 2.12. The van der Waals surface area contributed by atoms with E-state index >= 15 is 0 Å². The van der Waals surface area contributed by atoms with Crippen LogP contribution in [0.1, 0.15) is 10.6 Å². The second-order valence-electron chi connectivity index (χ2n) is 3.32. The van der Waals surface area contributed by atoms with Gasteiger partial charge in [0.25, 0.3) is 11.8 Å². The van der Waals surface area contributed by atoms with E-state index in [2.05, 4.69) is 15.5 Å². The molecule has 0 fully saturated rings. The zero-order valence-electron chi connectivity index (χ0n) is 8.99. The fraction of sp³-hybridized carbons (Fsp3) is 0. The summed E-state index contributed by atoms with van der Waals surface area (Å²) < 4.78 is 15.2. The van der Waals surface area contributed by atoms with Crippen molar-refractivity contribution in [1.29, 1.82) is 0 Å². The standard InChI is InChI=1S/C11H7N3O4/c15-9(7-3-1-5-16-7)12-11-14-13-10(18-11)8-4-2-6-17-8/h1-6H,(H,12,14,15). The van der Waals surface area contributed by atoms with E-state index in [1.54, 1.807) is 18.2 Å². The molecule has 0 aliphatic rings. The van der Waals surface area contributed by atoms with E-state index in [-0.39, 0.29) is 17.7 Å². The fourth-order valence-corrected chi connectivity index (χ4v) is 1.34. The average Bonchev–Trinajstić information content (AvgIpc) is 3.12. The van der Waals surface area contributed by atoms with Crippen LogP contribution in [0.4, 0.5) is 6.01 Å².